The van der Waals surface area contributed by atoms with Crippen molar-refractivity contribution >= 4 is 41.1 Å². The van der Waals surface area contributed by atoms with Crippen LogP contribution in [0.5, 0.6) is 5.75 Å². The first-order valence-corrected chi connectivity index (χ1v) is 13.1. The van der Waals surface area contributed by atoms with Crippen LogP contribution < -0.4 is 4.74 Å². The molecular weight excluding hydrogens is 536 g/mol. The molecule has 2 aliphatic rings. The van der Waals surface area contributed by atoms with E-state index in [0.29, 0.717) is 49.1 Å². The van der Waals surface area contributed by atoms with E-state index in [2.05, 4.69) is 0 Å². The van der Waals surface area contributed by atoms with Gasteiger partial charge in [-0.05, 0) is 54.8 Å². The van der Waals surface area contributed by atoms with Gasteiger partial charge in [-0.1, -0.05) is 29.3 Å². The first kappa shape index (κ1) is 28.1. The highest BCUT2D eigenvalue weighted by Crippen LogP contribution is 2.36. The Kier molecular flexibility index (Phi) is 9.12. The van der Waals surface area contributed by atoms with Gasteiger partial charge in [0, 0.05) is 52.2 Å². The van der Waals surface area contributed by atoms with Gasteiger partial charge in [-0.3, -0.25) is 9.59 Å². The van der Waals surface area contributed by atoms with Crippen molar-refractivity contribution in [2.75, 3.05) is 46.9 Å². The average Bonchev–Trinajstić information content (AvgIpc) is 3.36. The number of benzene rings is 2. The summed E-state index contributed by atoms with van der Waals surface area (Å²) in [5.41, 5.74) is 0.848. The fraction of sp³-hybridized carbons (Fsp3) is 0.444. The zero-order chi connectivity index (χ0) is 27.4. The standard InChI is InChI=1S/C27H30Cl2FN3O5/c1-31(27(36)38-20-6-4-19(30)5-7-20)24-15-33(14-21(24)18-3-8-22(28)23(29)13-18)26(35)17-9-11-32(12-10-17)25(34)16-37-2/h3-8,13,17,21,24H,9-12,14-16H2,1-2H3/t21-,24+/m1/s1. The van der Waals surface area contributed by atoms with Crippen LogP contribution in [0.15, 0.2) is 42.5 Å². The summed E-state index contributed by atoms with van der Waals surface area (Å²) in [5.74, 6) is -0.752. The van der Waals surface area contributed by atoms with Crippen molar-refractivity contribution in [3.8, 4) is 5.75 Å². The van der Waals surface area contributed by atoms with Crippen LogP contribution in [0.1, 0.15) is 24.3 Å². The summed E-state index contributed by atoms with van der Waals surface area (Å²) in [5, 5.41) is 0.800. The molecule has 2 atom stereocenters. The molecule has 2 aromatic rings. The average molecular weight is 566 g/mol. The molecule has 8 nitrogen and oxygen atoms in total. The van der Waals surface area contributed by atoms with E-state index >= 15 is 0 Å². The summed E-state index contributed by atoms with van der Waals surface area (Å²) in [7, 11) is 3.10. The minimum absolute atomic E-state index is 0.00305. The Morgan fingerprint density at radius 2 is 1.68 bits per heavy atom. The third-order valence-electron chi connectivity index (χ3n) is 7.24. The Bertz CT molecular complexity index is 1170. The predicted octanol–water partition coefficient (Wildman–Crippen LogP) is 4.44. The number of carbonyl (C=O) groups is 3. The fourth-order valence-corrected chi connectivity index (χ4v) is 5.40. The zero-order valence-corrected chi connectivity index (χ0v) is 22.8. The van der Waals surface area contributed by atoms with Crippen molar-refractivity contribution in [3.63, 3.8) is 0 Å². The second-order valence-electron chi connectivity index (χ2n) is 9.61. The molecule has 0 bridgehead atoms. The van der Waals surface area contributed by atoms with Gasteiger partial charge in [0.05, 0.1) is 16.1 Å². The molecule has 0 spiro atoms. The van der Waals surface area contributed by atoms with E-state index in [4.69, 9.17) is 32.7 Å². The summed E-state index contributed by atoms with van der Waals surface area (Å²) >= 11 is 12.4. The van der Waals surface area contributed by atoms with Crippen LogP contribution in [0.2, 0.25) is 10.0 Å². The van der Waals surface area contributed by atoms with Gasteiger partial charge in [0.1, 0.15) is 18.2 Å². The maximum absolute atomic E-state index is 13.5. The van der Waals surface area contributed by atoms with Gasteiger partial charge in [-0.15, -0.1) is 0 Å². The van der Waals surface area contributed by atoms with Crippen molar-refractivity contribution in [1.82, 2.24) is 14.7 Å². The molecule has 0 saturated carbocycles. The lowest BCUT2D eigenvalue weighted by atomic mass is 9.93. The van der Waals surface area contributed by atoms with E-state index in [0.717, 1.165) is 5.56 Å². The molecule has 3 amide bonds. The normalized spacial score (nSPS) is 19.9. The number of rotatable bonds is 6. The van der Waals surface area contributed by atoms with Gasteiger partial charge in [-0.2, -0.15) is 0 Å². The molecule has 2 aliphatic heterocycles. The second-order valence-corrected chi connectivity index (χ2v) is 10.4. The van der Waals surface area contributed by atoms with Crippen molar-refractivity contribution in [2.24, 2.45) is 5.92 Å². The number of likely N-dealkylation sites (N-methyl/N-ethyl adjacent to an activating group) is 1. The number of methoxy groups -OCH3 is 1. The highest BCUT2D eigenvalue weighted by Gasteiger charge is 2.42. The molecular formula is C27H30Cl2FN3O5. The number of amides is 3. The summed E-state index contributed by atoms with van der Waals surface area (Å²) in [6, 6.07) is 10.1. The molecule has 0 aromatic heterocycles. The zero-order valence-electron chi connectivity index (χ0n) is 21.2. The molecule has 0 aliphatic carbocycles. The van der Waals surface area contributed by atoms with Crippen LogP contribution in [-0.4, -0.2) is 85.6 Å². The fourth-order valence-electron chi connectivity index (χ4n) is 5.09. The van der Waals surface area contributed by atoms with E-state index in [-0.39, 0.29) is 36.0 Å². The molecule has 0 radical (unpaired) electrons. The van der Waals surface area contributed by atoms with Gasteiger partial charge in [-0.25, -0.2) is 9.18 Å². The molecule has 38 heavy (non-hydrogen) atoms. The number of carbonyl (C=O) groups excluding carboxylic acids is 3. The molecule has 0 unspecified atom stereocenters. The number of ether oxygens (including phenoxy) is 2. The molecule has 204 valence electrons. The number of likely N-dealkylation sites (tertiary alicyclic amines) is 2. The second kappa shape index (κ2) is 12.3. The Labute approximate surface area is 231 Å². The van der Waals surface area contributed by atoms with Crippen molar-refractivity contribution in [3.05, 3.63) is 63.9 Å². The van der Waals surface area contributed by atoms with Crippen LogP contribution in [0.25, 0.3) is 0 Å². The lowest BCUT2D eigenvalue weighted by Crippen LogP contribution is -2.46. The monoisotopic (exact) mass is 565 g/mol. The SMILES string of the molecule is COCC(=O)N1CCC(C(=O)N2C[C@H](c3ccc(Cl)c(Cl)c3)[C@@H](N(C)C(=O)Oc3ccc(F)cc3)C2)CC1. The van der Waals surface area contributed by atoms with E-state index in [1.54, 1.807) is 29.0 Å². The van der Waals surface area contributed by atoms with Crippen LogP contribution in [0.3, 0.4) is 0 Å². The lowest BCUT2D eigenvalue weighted by Gasteiger charge is -2.33. The summed E-state index contributed by atoms with van der Waals surface area (Å²) in [6.07, 6.45) is 0.510. The quantitative estimate of drug-likeness (QED) is 0.517. The first-order chi connectivity index (χ1) is 18.2. The molecule has 2 saturated heterocycles. The molecule has 11 heteroatoms. The molecule has 2 fully saturated rings. The summed E-state index contributed by atoms with van der Waals surface area (Å²) < 4.78 is 23.7. The number of halogens is 3. The van der Waals surface area contributed by atoms with Crippen LogP contribution in [0, 0.1) is 11.7 Å². The molecule has 2 aromatic carbocycles. The maximum atomic E-state index is 13.5. The van der Waals surface area contributed by atoms with Gasteiger partial charge in [0.2, 0.25) is 11.8 Å². The van der Waals surface area contributed by atoms with Crippen LogP contribution in [-0.2, 0) is 14.3 Å². The van der Waals surface area contributed by atoms with Gasteiger partial charge in [0.25, 0.3) is 0 Å². The smallest absolute Gasteiger partial charge is 0.410 e. The topological polar surface area (TPSA) is 79.4 Å². The third-order valence-corrected chi connectivity index (χ3v) is 7.98. The predicted molar refractivity (Wildman–Crippen MR) is 141 cm³/mol. The van der Waals surface area contributed by atoms with Crippen molar-refractivity contribution < 1.29 is 28.2 Å². The first-order valence-electron chi connectivity index (χ1n) is 12.4. The maximum Gasteiger partial charge on any atom is 0.415 e. The van der Waals surface area contributed by atoms with E-state index in [9.17, 15) is 18.8 Å². The largest absolute Gasteiger partial charge is 0.415 e. The minimum Gasteiger partial charge on any atom is -0.410 e. The van der Waals surface area contributed by atoms with E-state index in [1.807, 2.05) is 6.07 Å². The number of piperidine rings is 1. The Morgan fingerprint density at radius 1 is 1.00 bits per heavy atom. The number of hydrogen-bond donors (Lipinski definition) is 0. The van der Waals surface area contributed by atoms with Gasteiger partial charge >= 0.3 is 6.09 Å². The highest BCUT2D eigenvalue weighted by molar-refractivity contribution is 6.42. The Balaban J connectivity index is 1.49. The lowest BCUT2D eigenvalue weighted by molar-refractivity contribution is -0.141. The summed E-state index contributed by atoms with van der Waals surface area (Å²) in [4.78, 5) is 43.7. The third kappa shape index (κ3) is 6.39. The van der Waals surface area contributed by atoms with E-state index in [1.165, 1.54) is 36.3 Å². The Hall–Kier alpha value is -2.88. The summed E-state index contributed by atoms with van der Waals surface area (Å²) in [6.45, 7) is 1.71. The number of hydrogen-bond acceptors (Lipinski definition) is 5. The Morgan fingerprint density at radius 3 is 2.32 bits per heavy atom. The highest BCUT2D eigenvalue weighted by atomic mass is 35.5. The van der Waals surface area contributed by atoms with Crippen molar-refractivity contribution in [2.45, 2.75) is 24.8 Å². The van der Waals surface area contributed by atoms with E-state index < -0.39 is 18.0 Å². The molecule has 0 N–H and O–H groups in total. The van der Waals surface area contributed by atoms with Crippen LogP contribution >= 0.6 is 23.2 Å². The van der Waals surface area contributed by atoms with Crippen molar-refractivity contribution in [1.29, 1.82) is 0 Å². The van der Waals surface area contributed by atoms with Gasteiger partial charge < -0.3 is 24.2 Å². The minimum atomic E-state index is -0.620. The molecule has 2 heterocycles. The van der Waals surface area contributed by atoms with Crippen LogP contribution in [0.4, 0.5) is 9.18 Å². The van der Waals surface area contributed by atoms with Gasteiger partial charge in [0.15, 0.2) is 0 Å². The number of nitrogens with zero attached hydrogens (tertiary/aromatic N) is 3. The molecule has 4 rings (SSSR count).